The lowest BCUT2D eigenvalue weighted by Gasteiger charge is -2.17. The molecule has 1 aromatic rings. The van der Waals surface area contributed by atoms with Gasteiger partial charge in [-0.1, -0.05) is 35.8 Å². The van der Waals surface area contributed by atoms with Crippen LogP contribution >= 0.6 is 15.9 Å². The molecule has 1 heterocycles. The highest BCUT2D eigenvalue weighted by Gasteiger charge is 2.20. The van der Waals surface area contributed by atoms with E-state index in [2.05, 4.69) is 53.3 Å². The Balaban J connectivity index is 2.37. The molecule has 1 aromatic carbocycles. The van der Waals surface area contributed by atoms with Crippen LogP contribution in [-0.4, -0.2) is 13.1 Å². The van der Waals surface area contributed by atoms with Crippen LogP contribution in [0.3, 0.4) is 0 Å². The Morgan fingerprint density at radius 2 is 2.20 bits per heavy atom. The lowest BCUT2D eigenvalue weighted by atomic mass is 9.88. The molecule has 1 saturated heterocycles. The summed E-state index contributed by atoms with van der Waals surface area (Å²) in [5, 5.41) is 3.44. The van der Waals surface area contributed by atoms with Gasteiger partial charge in [0, 0.05) is 11.0 Å². The van der Waals surface area contributed by atoms with Crippen LogP contribution in [0.5, 0.6) is 0 Å². The maximum Gasteiger partial charge on any atom is 0.0178 e. The molecule has 0 aromatic heterocycles. The average molecular weight is 268 g/mol. The first-order valence-electron chi connectivity index (χ1n) is 5.68. The fourth-order valence-corrected chi connectivity index (χ4v) is 2.72. The molecular weight excluding hydrogens is 250 g/mol. The standard InChI is InChI=1S/C13H18BrN/c1-9(2)12-4-3-11(14)7-13(12)10-5-6-15-8-10/h3-4,7,9-10,15H,5-6,8H2,1-2H3. The number of hydrogen-bond acceptors (Lipinski definition) is 1. The van der Waals surface area contributed by atoms with E-state index in [9.17, 15) is 0 Å². The molecule has 2 heteroatoms. The smallest absolute Gasteiger partial charge is 0.0178 e. The zero-order valence-electron chi connectivity index (χ0n) is 9.39. The summed E-state index contributed by atoms with van der Waals surface area (Å²) in [5.41, 5.74) is 3.04. The van der Waals surface area contributed by atoms with Gasteiger partial charge in [0.1, 0.15) is 0 Å². The SMILES string of the molecule is CC(C)c1ccc(Br)cc1C1CCNC1. The van der Waals surface area contributed by atoms with E-state index in [0.29, 0.717) is 11.8 Å². The van der Waals surface area contributed by atoms with Crippen molar-refractivity contribution in [3.63, 3.8) is 0 Å². The van der Waals surface area contributed by atoms with Gasteiger partial charge in [0.25, 0.3) is 0 Å². The highest BCUT2D eigenvalue weighted by molar-refractivity contribution is 9.10. The van der Waals surface area contributed by atoms with Crippen molar-refractivity contribution < 1.29 is 0 Å². The van der Waals surface area contributed by atoms with Crippen LogP contribution in [0.25, 0.3) is 0 Å². The van der Waals surface area contributed by atoms with Crippen molar-refractivity contribution in [3.8, 4) is 0 Å². The van der Waals surface area contributed by atoms with Gasteiger partial charge in [0.05, 0.1) is 0 Å². The van der Waals surface area contributed by atoms with E-state index in [4.69, 9.17) is 0 Å². The third-order valence-electron chi connectivity index (χ3n) is 3.17. The molecular formula is C13H18BrN. The minimum atomic E-state index is 0.619. The Labute approximate surface area is 100 Å². The molecule has 0 saturated carbocycles. The van der Waals surface area contributed by atoms with E-state index in [1.807, 2.05) is 0 Å². The number of halogens is 1. The summed E-state index contributed by atoms with van der Waals surface area (Å²) in [7, 11) is 0. The molecule has 1 fully saturated rings. The largest absolute Gasteiger partial charge is 0.316 e. The van der Waals surface area contributed by atoms with Crippen LogP contribution in [0.2, 0.25) is 0 Å². The van der Waals surface area contributed by atoms with Gasteiger partial charge in [-0.15, -0.1) is 0 Å². The van der Waals surface area contributed by atoms with Crippen LogP contribution in [0, 0.1) is 0 Å². The van der Waals surface area contributed by atoms with Gasteiger partial charge in [-0.3, -0.25) is 0 Å². The molecule has 1 nitrogen and oxygen atoms in total. The fourth-order valence-electron chi connectivity index (χ4n) is 2.35. The topological polar surface area (TPSA) is 12.0 Å². The van der Waals surface area contributed by atoms with E-state index < -0.39 is 0 Å². The van der Waals surface area contributed by atoms with Gasteiger partial charge >= 0.3 is 0 Å². The monoisotopic (exact) mass is 267 g/mol. The van der Waals surface area contributed by atoms with Gasteiger partial charge < -0.3 is 5.32 Å². The van der Waals surface area contributed by atoms with Crippen molar-refractivity contribution >= 4 is 15.9 Å². The highest BCUT2D eigenvalue weighted by atomic mass is 79.9. The van der Waals surface area contributed by atoms with Crippen molar-refractivity contribution in [2.24, 2.45) is 0 Å². The first kappa shape index (κ1) is 11.2. The molecule has 0 spiro atoms. The van der Waals surface area contributed by atoms with Crippen molar-refractivity contribution in [3.05, 3.63) is 33.8 Å². The molecule has 0 aliphatic carbocycles. The lowest BCUT2D eigenvalue weighted by molar-refractivity contribution is 0.730. The van der Waals surface area contributed by atoms with Gasteiger partial charge in [0.15, 0.2) is 0 Å². The van der Waals surface area contributed by atoms with E-state index >= 15 is 0 Å². The Hall–Kier alpha value is -0.340. The predicted octanol–water partition coefficient (Wildman–Crippen LogP) is 3.65. The van der Waals surface area contributed by atoms with Gasteiger partial charge in [0.2, 0.25) is 0 Å². The van der Waals surface area contributed by atoms with Gasteiger partial charge in [-0.2, -0.15) is 0 Å². The maximum absolute atomic E-state index is 3.57. The van der Waals surface area contributed by atoms with Crippen molar-refractivity contribution in [1.82, 2.24) is 5.32 Å². The summed E-state index contributed by atoms with van der Waals surface area (Å²) >= 11 is 3.57. The van der Waals surface area contributed by atoms with Crippen molar-refractivity contribution in [1.29, 1.82) is 0 Å². The predicted molar refractivity (Wildman–Crippen MR) is 68.5 cm³/mol. The molecule has 1 aliphatic heterocycles. The molecule has 1 aliphatic rings. The summed E-state index contributed by atoms with van der Waals surface area (Å²) in [6.07, 6.45) is 1.27. The van der Waals surface area contributed by atoms with Crippen LogP contribution in [0.1, 0.15) is 43.2 Å². The molecule has 1 atom stereocenters. The van der Waals surface area contributed by atoms with E-state index in [0.717, 1.165) is 13.1 Å². The quantitative estimate of drug-likeness (QED) is 0.863. The Morgan fingerprint density at radius 3 is 2.80 bits per heavy atom. The summed E-state index contributed by atoms with van der Waals surface area (Å²) in [5.74, 6) is 1.33. The average Bonchev–Trinajstić information content (AvgIpc) is 2.69. The second kappa shape index (κ2) is 4.67. The summed E-state index contributed by atoms with van der Waals surface area (Å²) in [4.78, 5) is 0. The molecule has 1 N–H and O–H groups in total. The molecule has 2 rings (SSSR count). The van der Waals surface area contributed by atoms with Crippen LogP contribution in [0.15, 0.2) is 22.7 Å². The third kappa shape index (κ3) is 2.43. The molecule has 1 unspecified atom stereocenters. The minimum Gasteiger partial charge on any atom is -0.316 e. The molecule has 0 bridgehead atoms. The minimum absolute atomic E-state index is 0.619. The third-order valence-corrected chi connectivity index (χ3v) is 3.66. The summed E-state index contributed by atoms with van der Waals surface area (Å²) in [6.45, 7) is 6.84. The molecule has 82 valence electrons. The zero-order valence-corrected chi connectivity index (χ0v) is 11.0. The van der Waals surface area contributed by atoms with Crippen LogP contribution in [0.4, 0.5) is 0 Å². The lowest BCUT2D eigenvalue weighted by Crippen LogP contribution is -2.09. The molecule has 0 amide bonds. The van der Waals surface area contributed by atoms with Gasteiger partial charge in [-0.25, -0.2) is 0 Å². The summed E-state index contributed by atoms with van der Waals surface area (Å²) < 4.78 is 1.20. The second-order valence-electron chi connectivity index (χ2n) is 4.62. The maximum atomic E-state index is 3.57. The van der Waals surface area contributed by atoms with E-state index in [1.165, 1.54) is 22.0 Å². The van der Waals surface area contributed by atoms with Gasteiger partial charge in [-0.05, 0) is 48.1 Å². The highest BCUT2D eigenvalue weighted by Crippen LogP contribution is 2.32. The Bertz CT molecular complexity index is 340. The first-order chi connectivity index (χ1) is 7.18. The summed E-state index contributed by atoms with van der Waals surface area (Å²) in [6, 6.07) is 6.72. The van der Waals surface area contributed by atoms with E-state index in [1.54, 1.807) is 0 Å². The zero-order chi connectivity index (χ0) is 10.8. The number of nitrogens with one attached hydrogen (secondary N) is 1. The molecule has 15 heavy (non-hydrogen) atoms. The van der Waals surface area contributed by atoms with E-state index in [-0.39, 0.29) is 0 Å². The Morgan fingerprint density at radius 1 is 1.40 bits per heavy atom. The second-order valence-corrected chi connectivity index (χ2v) is 5.53. The molecule has 0 radical (unpaired) electrons. The number of rotatable bonds is 2. The fraction of sp³-hybridized carbons (Fsp3) is 0.538. The van der Waals surface area contributed by atoms with Crippen LogP contribution < -0.4 is 5.32 Å². The van der Waals surface area contributed by atoms with Crippen molar-refractivity contribution in [2.45, 2.75) is 32.1 Å². The first-order valence-corrected chi connectivity index (χ1v) is 6.48. The van der Waals surface area contributed by atoms with Crippen molar-refractivity contribution in [2.75, 3.05) is 13.1 Å². The normalized spacial score (nSPS) is 21.2. The number of benzene rings is 1. The van der Waals surface area contributed by atoms with Crippen LogP contribution in [-0.2, 0) is 0 Å². The number of hydrogen-bond donors (Lipinski definition) is 1. The Kier molecular flexibility index (Phi) is 3.47.